The first kappa shape index (κ1) is 33.8. The van der Waals surface area contributed by atoms with Crippen molar-refractivity contribution >= 4 is 0 Å². The molecule has 0 amide bonds. The molecular formula is C30H65N3O. The SMILES string of the molecule is C.CC(C)CCN(C)C1CCC1.CC(C)CCNC1CCNCC1.CC(C)CCOC1CCC1. The highest BCUT2D eigenvalue weighted by atomic mass is 16.5. The van der Waals surface area contributed by atoms with Crippen LogP contribution in [0.3, 0.4) is 0 Å². The second-order valence-electron chi connectivity index (χ2n) is 12.0. The molecule has 0 spiro atoms. The van der Waals surface area contributed by atoms with Crippen molar-refractivity contribution < 1.29 is 4.74 Å². The summed E-state index contributed by atoms with van der Waals surface area (Å²) in [6.07, 6.45) is 15.4. The van der Waals surface area contributed by atoms with E-state index in [0.717, 1.165) is 36.4 Å². The fraction of sp³-hybridized carbons (Fsp3) is 1.00. The van der Waals surface area contributed by atoms with Gasteiger partial charge in [-0.3, -0.25) is 0 Å². The van der Waals surface area contributed by atoms with E-state index in [1.165, 1.54) is 96.8 Å². The Morgan fingerprint density at radius 2 is 1.35 bits per heavy atom. The van der Waals surface area contributed by atoms with Crippen LogP contribution in [0.25, 0.3) is 0 Å². The van der Waals surface area contributed by atoms with Crippen LogP contribution >= 0.6 is 0 Å². The van der Waals surface area contributed by atoms with Gasteiger partial charge in [-0.15, -0.1) is 0 Å². The van der Waals surface area contributed by atoms with Crippen LogP contribution in [0.2, 0.25) is 0 Å². The van der Waals surface area contributed by atoms with Gasteiger partial charge < -0.3 is 20.3 Å². The molecule has 4 heteroatoms. The summed E-state index contributed by atoms with van der Waals surface area (Å²) in [5, 5.41) is 6.99. The van der Waals surface area contributed by atoms with Crippen molar-refractivity contribution in [2.45, 2.75) is 138 Å². The van der Waals surface area contributed by atoms with E-state index in [2.05, 4.69) is 64.1 Å². The Kier molecular flexibility index (Phi) is 20.9. The van der Waals surface area contributed by atoms with Crippen molar-refractivity contribution in [3.8, 4) is 0 Å². The highest BCUT2D eigenvalue weighted by molar-refractivity contribution is 4.77. The number of hydrogen-bond acceptors (Lipinski definition) is 4. The van der Waals surface area contributed by atoms with Crippen LogP contribution in [0.1, 0.15) is 120 Å². The number of piperidine rings is 1. The third-order valence-electron chi connectivity index (χ3n) is 7.35. The van der Waals surface area contributed by atoms with Crippen molar-refractivity contribution in [3.05, 3.63) is 0 Å². The van der Waals surface area contributed by atoms with E-state index < -0.39 is 0 Å². The van der Waals surface area contributed by atoms with E-state index in [1.54, 1.807) is 0 Å². The second-order valence-corrected chi connectivity index (χ2v) is 12.0. The Morgan fingerprint density at radius 1 is 0.794 bits per heavy atom. The molecule has 2 N–H and O–H groups in total. The molecule has 3 rings (SSSR count). The Balaban J connectivity index is 0.000000475. The predicted octanol–water partition coefficient (Wildman–Crippen LogP) is 7.13. The minimum absolute atomic E-state index is 0. The fourth-order valence-electron chi connectivity index (χ4n) is 4.08. The average molecular weight is 484 g/mol. The molecule has 206 valence electrons. The molecule has 1 heterocycles. The molecule has 0 radical (unpaired) electrons. The van der Waals surface area contributed by atoms with Crippen molar-refractivity contribution in [1.29, 1.82) is 0 Å². The molecule has 0 aromatic carbocycles. The largest absolute Gasteiger partial charge is 0.378 e. The molecule has 34 heavy (non-hydrogen) atoms. The zero-order valence-corrected chi connectivity index (χ0v) is 23.6. The van der Waals surface area contributed by atoms with Gasteiger partial charge in [0.2, 0.25) is 0 Å². The van der Waals surface area contributed by atoms with Crippen molar-refractivity contribution in [2.24, 2.45) is 17.8 Å². The van der Waals surface area contributed by atoms with Gasteiger partial charge in [-0.2, -0.15) is 0 Å². The minimum Gasteiger partial charge on any atom is -0.378 e. The fourth-order valence-corrected chi connectivity index (χ4v) is 4.08. The third kappa shape index (κ3) is 18.2. The Bertz CT molecular complexity index is 427. The van der Waals surface area contributed by atoms with Gasteiger partial charge in [-0.1, -0.05) is 55.4 Å². The van der Waals surface area contributed by atoms with Crippen molar-refractivity contribution in [3.63, 3.8) is 0 Å². The van der Waals surface area contributed by atoms with Crippen LogP contribution in [0.15, 0.2) is 0 Å². The van der Waals surface area contributed by atoms with E-state index in [4.69, 9.17) is 4.74 Å². The zero-order chi connectivity index (χ0) is 24.5. The first-order valence-corrected chi connectivity index (χ1v) is 14.5. The molecule has 0 aromatic heterocycles. The Labute approximate surface area is 215 Å². The Morgan fingerprint density at radius 3 is 1.79 bits per heavy atom. The normalized spacial score (nSPS) is 19.1. The molecule has 1 aliphatic heterocycles. The third-order valence-corrected chi connectivity index (χ3v) is 7.35. The van der Waals surface area contributed by atoms with Crippen LogP contribution in [0.5, 0.6) is 0 Å². The first-order valence-electron chi connectivity index (χ1n) is 14.5. The highest BCUT2D eigenvalue weighted by Crippen LogP contribution is 2.24. The predicted molar refractivity (Wildman–Crippen MR) is 153 cm³/mol. The smallest absolute Gasteiger partial charge is 0.0575 e. The summed E-state index contributed by atoms with van der Waals surface area (Å²) in [5.41, 5.74) is 0. The first-order chi connectivity index (χ1) is 15.8. The number of hydrogen-bond donors (Lipinski definition) is 2. The van der Waals surface area contributed by atoms with Gasteiger partial charge in [0.25, 0.3) is 0 Å². The van der Waals surface area contributed by atoms with Gasteiger partial charge in [-0.05, 0) is 115 Å². The average Bonchev–Trinajstić information content (AvgIpc) is 2.68. The van der Waals surface area contributed by atoms with E-state index in [-0.39, 0.29) is 7.43 Å². The van der Waals surface area contributed by atoms with E-state index in [0.29, 0.717) is 6.10 Å². The zero-order valence-electron chi connectivity index (χ0n) is 23.6. The molecule has 0 aromatic rings. The molecule has 0 bridgehead atoms. The summed E-state index contributed by atoms with van der Waals surface area (Å²) < 4.78 is 5.59. The van der Waals surface area contributed by atoms with E-state index >= 15 is 0 Å². The lowest BCUT2D eigenvalue weighted by Gasteiger charge is -2.35. The standard InChI is InChI=1S/C10H22N2.C10H21N.C9H18O.CH4/c1-9(2)3-8-12-10-4-6-11-7-5-10;1-9(2)7-8-11(3)10-5-4-6-10;1-8(2)6-7-10-9-4-3-5-9;/h9-12H,3-8H2,1-2H3;9-10H,4-8H2,1-3H3;8-9H,3-7H2,1-2H3;1H4. The van der Waals surface area contributed by atoms with Gasteiger partial charge in [-0.25, -0.2) is 0 Å². The van der Waals surface area contributed by atoms with Gasteiger partial charge in [0.1, 0.15) is 0 Å². The van der Waals surface area contributed by atoms with Crippen LogP contribution in [0.4, 0.5) is 0 Å². The van der Waals surface area contributed by atoms with Crippen molar-refractivity contribution in [2.75, 3.05) is 39.8 Å². The van der Waals surface area contributed by atoms with Gasteiger partial charge in [0, 0.05) is 18.7 Å². The minimum atomic E-state index is 0. The molecular weight excluding hydrogens is 418 g/mol. The number of rotatable bonds is 12. The summed E-state index contributed by atoms with van der Waals surface area (Å²) in [5.74, 6) is 2.48. The summed E-state index contributed by atoms with van der Waals surface area (Å²) >= 11 is 0. The molecule has 3 aliphatic rings. The van der Waals surface area contributed by atoms with Crippen LogP contribution in [0, 0.1) is 17.8 Å². The lowest BCUT2D eigenvalue weighted by atomic mass is 9.91. The second kappa shape index (κ2) is 21.0. The topological polar surface area (TPSA) is 36.5 Å². The Hall–Kier alpha value is -0.160. The van der Waals surface area contributed by atoms with Gasteiger partial charge in [0.05, 0.1) is 6.10 Å². The maximum atomic E-state index is 5.59. The molecule has 2 aliphatic carbocycles. The maximum Gasteiger partial charge on any atom is 0.0575 e. The molecule has 0 unspecified atom stereocenters. The molecule has 4 nitrogen and oxygen atoms in total. The maximum absolute atomic E-state index is 5.59. The molecule has 1 saturated heterocycles. The lowest BCUT2D eigenvalue weighted by Crippen LogP contribution is -2.40. The summed E-state index contributed by atoms with van der Waals surface area (Å²) in [7, 11) is 2.27. The summed E-state index contributed by atoms with van der Waals surface area (Å²) in [4.78, 5) is 2.53. The molecule has 2 saturated carbocycles. The monoisotopic (exact) mass is 484 g/mol. The number of nitrogens with one attached hydrogen (secondary N) is 2. The quantitative estimate of drug-likeness (QED) is 0.309. The van der Waals surface area contributed by atoms with Gasteiger partial charge >= 0.3 is 0 Å². The van der Waals surface area contributed by atoms with E-state index in [9.17, 15) is 0 Å². The van der Waals surface area contributed by atoms with Crippen LogP contribution in [-0.4, -0.2) is 62.9 Å². The summed E-state index contributed by atoms with van der Waals surface area (Å²) in [6.45, 7) is 19.5. The lowest BCUT2D eigenvalue weighted by molar-refractivity contribution is -0.00222. The van der Waals surface area contributed by atoms with Crippen LogP contribution < -0.4 is 10.6 Å². The van der Waals surface area contributed by atoms with Gasteiger partial charge in [0.15, 0.2) is 0 Å². The molecule has 0 atom stereocenters. The summed E-state index contributed by atoms with van der Waals surface area (Å²) in [6, 6.07) is 1.71. The highest BCUT2D eigenvalue weighted by Gasteiger charge is 2.21. The number of ether oxygens (including phenoxy) is 1. The van der Waals surface area contributed by atoms with Crippen molar-refractivity contribution in [1.82, 2.24) is 15.5 Å². The van der Waals surface area contributed by atoms with E-state index in [1.807, 2.05) is 0 Å². The molecule has 3 fully saturated rings. The number of nitrogens with zero attached hydrogens (tertiary/aromatic N) is 1. The van der Waals surface area contributed by atoms with Crippen LogP contribution in [-0.2, 0) is 4.74 Å².